The first kappa shape index (κ1) is 27.5. The molecule has 0 aliphatic carbocycles. The van der Waals surface area contributed by atoms with E-state index >= 15 is 0 Å². The minimum Gasteiger partial charge on any atom is -0.423 e. The molecule has 14 heteroatoms. The van der Waals surface area contributed by atoms with Crippen LogP contribution < -0.4 is 5.46 Å². The van der Waals surface area contributed by atoms with Crippen molar-refractivity contribution >= 4 is 28.5 Å². The molecule has 0 aliphatic heterocycles. The summed E-state index contributed by atoms with van der Waals surface area (Å²) >= 11 is 3.24. The normalized spacial score (nSPS) is 11.8. The highest BCUT2D eigenvalue weighted by Crippen LogP contribution is 2.36. The molecule has 0 saturated carbocycles. The average molecular weight is 575 g/mol. The maximum atomic E-state index is 12.7. The Kier molecular flexibility index (Phi) is 8.01. The number of aryl methyl sites for hydroxylation is 2. The van der Waals surface area contributed by atoms with Crippen molar-refractivity contribution in [3.8, 4) is 22.5 Å². The van der Waals surface area contributed by atoms with Gasteiger partial charge in [0.1, 0.15) is 0 Å². The van der Waals surface area contributed by atoms with Gasteiger partial charge in [0, 0.05) is 42.1 Å². The third-order valence-electron chi connectivity index (χ3n) is 5.15. The Balaban J connectivity index is 0.000000202. The fourth-order valence-corrected chi connectivity index (χ4v) is 3.80. The molecule has 4 aromatic rings. The van der Waals surface area contributed by atoms with Crippen LogP contribution in [0.4, 0.5) is 26.3 Å². The van der Waals surface area contributed by atoms with Gasteiger partial charge in [-0.15, -0.1) is 0 Å². The van der Waals surface area contributed by atoms with E-state index < -0.39 is 30.6 Å². The van der Waals surface area contributed by atoms with Gasteiger partial charge in [-0.2, -0.15) is 36.5 Å². The molecule has 2 aromatic carbocycles. The fraction of sp³-hybridized carbons (Fsp3) is 0.182. The van der Waals surface area contributed by atoms with Crippen LogP contribution in [0.5, 0.6) is 0 Å². The number of alkyl halides is 6. The van der Waals surface area contributed by atoms with Crippen LogP contribution in [0, 0.1) is 0 Å². The largest absolute Gasteiger partial charge is 0.489 e. The average Bonchev–Trinajstić information content (AvgIpc) is 3.40. The van der Waals surface area contributed by atoms with Crippen molar-refractivity contribution in [3.63, 3.8) is 0 Å². The first-order valence-corrected chi connectivity index (χ1v) is 10.9. The highest BCUT2D eigenvalue weighted by molar-refractivity contribution is 9.10. The molecule has 2 aromatic heterocycles. The van der Waals surface area contributed by atoms with Gasteiger partial charge in [-0.1, -0.05) is 28.1 Å². The van der Waals surface area contributed by atoms with Gasteiger partial charge in [-0.3, -0.25) is 9.36 Å². The van der Waals surface area contributed by atoms with Gasteiger partial charge in [0.2, 0.25) is 0 Å². The van der Waals surface area contributed by atoms with E-state index in [0.717, 1.165) is 30.3 Å². The van der Waals surface area contributed by atoms with Crippen molar-refractivity contribution in [3.05, 3.63) is 76.5 Å². The molecule has 6 nitrogen and oxygen atoms in total. The second-order valence-electron chi connectivity index (χ2n) is 7.55. The standard InChI is InChI=1S/C11H10BF3N2O2.C11H8BrF3N2/c1-17-10(4-5-16-17)8-6-7(11(13,14)15)2-3-9(8)12(18)19;1-17-10(4-5-16-17)8-6-7(11(13,14)15)2-3-9(8)12/h2-6,18-19H,1H3;2-6H,1H3. The zero-order valence-corrected chi connectivity index (χ0v) is 20.3. The van der Waals surface area contributed by atoms with Crippen molar-refractivity contribution in [2.45, 2.75) is 12.4 Å². The van der Waals surface area contributed by atoms with E-state index in [4.69, 9.17) is 0 Å². The monoisotopic (exact) mass is 574 g/mol. The molecule has 0 unspecified atom stereocenters. The summed E-state index contributed by atoms with van der Waals surface area (Å²) < 4.78 is 79.4. The number of aromatic nitrogens is 4. The number of hydrogen-bond donors (Lipinski definition) is 2. The Labute approximate surface area is 210 Å². The van der Waals surface area contributed by atoms with Crippen molar-refractivity contribution in [1.29, 1.82) is 0 Å². The molecule has 0 bridgehead atoms. The predicted octanol–water partition coefficient (Wildman–Crippen LogP) is 4.65. The summed E-state index contributed by atoms with van der Waals surface area (Å²) in [7, 11) is 1.39. The highest BCUT2D eigenvalue weighted by Gasteiger charge is 2.33. The van der Waals surface area contributed by atoms with Gasteiger partial charge in [0.25, 0.3) is 0 Å². The first-order valence-electron chi connectivity index (χ1n) is 10.1. The summed E-state index contributed by atoms with van der Waals surface area (Å²) in [6.07, 6.45) is -5.87. The number of rotatable bonds is 3. The topological polar surface area (TPSA) is 76.1 Å². The van der Waals surface area contributed by atoms with Crippen molar-refractivity contribution in [2.75, 3.05) is 0 Å². The van der Waals surface area contributed by atoms with Crippen LogP contribution in [0.2, 0.25) is 0 Å². The fourth-order valence-electron chi connectivity index (χ4n) is 3.35. The van der Waals surface area contributed by atoms with E-state index in [1.54, 1.807) is 26.4 Å². The molecule has 2 heterocycles. The van der Waals surface area contributed by atoms with Gasteiger partial charge in [0.05, 0.1) is 22.5 Å². The second-order valence-corrected chi connectivity index (χ2v) is 8.40. The van der Waals surface area contributed by atoms with Crippen LogP contribution in [0.15, 0.2) is 65.4 Å². The lowest BCUT2D eigenvalue weighted by Crippen LogP contribution is -2.32. The molecule has 0 radical (unpaired) electrons. The lowest BCUT2D eigenvalue weighted by Gasteiger charge is -2.13. The van der Waals surface area contributed by atoms with Crippen LogP contribution in [0.25, 0.3) is 22.5 Å². The number of nitrogens with zero attached hydrogens (tertiary/aromatic N) is 4. The maximum Gasteiger partial charge on any atom is 0.489 e. The van der Waals surface area contributed by atoms with Gasteiger partial charge in [-0.25, -0.2) is 0 Å². The summed E-state index contributed by atoms with van der Waals surface area (Å²) in [5.74, 6) is 0. The molecular weight excluding hydrogens is 557 g/mol. The van der Waals surface area contributed by atoms with E-state index in [9.17, 15) is 36.4 Å². The third-order valence-corrected chi connectivity index (χ3v) is 5.84. The van der Waals surface area contributed by atoms with E-state index in [1.807, 2.05) is 0 Å². The van der Waals surface area contributed by atoms with Crippen LogP contribution in [0.1, 0.15) is 11.1 Å². The summed E-state index contributed by atoms with van der Waals surface area (Å²) in [6, 6.07) is 9.47. The molecule has 0 atom stereocenters. The maximum absolute atomic E-state index is 12.7. The van der Waals surface area contributed by atoms with E-state index in [1.165, 1.54) is 27.7 Å². The molecule has 190 valence electrons. The van der Waals surface area contributed by atoms with Gasteiger partial charge < -0.3 is 10.0 Å². The molecule has 0 saturated heterocycles. The third kappa shape index (κ3) is 6.17. The summed E-state index contributed by atoms with van der Waals surface area (Å²) in [5, 5.41) is 26.3. The Hall–Kier alpha value is -3.10. The lowest BCUT2D eigenvalue weighted by atomic mass is 9.75. The predicted molar refractivity (Wildman–Crippen MR) is 125 cm³/mol. The Morgan fingerprint density at radius 1 is 0.722 bits per heavy atom. The molecule has 0 fully saturated rings. The van der Waals surface area contributed by atoms with Crippen LogP contribution in [-0.4, -0.2) is 36.7 Å². The molecule has 36 heavy (non-hydrogen) atoms. The van der Waals surface area contributed by atoms with Gasteiger partial charge in [-0.05, 0) is 41.9 Å². The molecular formula is C22H18BBrF6N4O2. The Morgan fingerprint density at radius 2 is 1.17 bits per heavy atom. The van der Waals surface area contributed by atoms with Crippen LogP contribution in [0.3, 0.4) is 0 Å². The summed E-state index contributed by atoms with van der Waals surface area (Å²) in [4.78, 5) is 0. The summed E-state index contributed by atoms with van der Waals surface area (Å²) in [5.41, 5.74) is 0.0309. The van der Waals surface area contributed by atoms with Gasteiger partial charge in [0.15, 0.2) is 0 Å². The van der Waals surface area contributed by atoms with Crippen LogP contribution in [-0.2, 0) is 26.4 Å². The summed E-state index contributed by atoms with van der Waals surface area (Å²) in [6.45, 7) is 0. The van der Waals surface area contributed by atoms with E-state index in [2.05, 4.69) is 26.1 Å². The first-order chi connectivity index (χ1) is 16.7. The number of benzene rings is 2. The van der Waals surface area contributed by atoms with Crippen molar-refractivity contribution in [1.82, 2.24) is 19.6 Å². The zero-order valence-electron chi connectivity index (χ0n) is 18.7. The minimum absolute atomic E-state index is 0.00315. The lowest BCUT2D eigenvalue weighted by molar-refractivity contribution is -0.138. The second kappa shape index (κ2) is 10.5. The number of hydrogen-bond acceptors (Lipinski definition) is 4. The molecule has 4 rings (SSSR count). The minimum atomic E-state index is -4.49. The van der Waals surface area contributed by atoms with Gasteiger partial charge >= 0.3 is 19.5 Å². The zero-order chi connectivity index (χ0) is 26.8. The molecule has 0 amide bonds. The molecule has 2 N–H and O–H groups in total. The quantitative estimate of drug-likeness (QED) is 0.276. The molecule has 0 spiro atoms. The van der Waals surface area contributed by atoms with Crippen molar-refractivity contribution in [2.24, 2.45) is 14.1 Å². The smallest absolute Gasteiger partial charge is 0.423 e. The Morgan fingerprint density at radius 3 is 1.58 bits per heavy atom. The number of halogens is 7. The van der Waals surface area contributed by atoms with Crippen LogP contribution >= 0.6 is 15.9 Å². The van der Waals surface area contributed by atoms with Crippen molar-refractivity contribution < 1.29 is 36.4 Å². The Bertz CT molecular complexity index is 1350. The van der Waals surface area contributed by atoms with E-state index in [-0.39, 0.29) is 11.0 Å². The highest BCUT2D eigenvalue weighted by atomic mass is 79.9. The SMILES string of the molecule is Cn1nccc1-c1cc(C(F)(F)F)ccc1B(O)O.Cn1nccc1-c1cc(C(F)(F)F)ccc1Br. The molecule has 0 aliphatic rings. The van der Waals surface area contributed by atoms with E-state index in [0.29, 0.717) is 21.4 Å².